The van der Waals surface area contributed by atoms with Crippen LogP contribution in [0.2, 0.25) is 0 Å². The van der Waals surface area contributed by atoms with Gasteiger partial charge in [0.15, 0.2) is 0 Å². The average Bonchev–Trinajstić information content (AvgIpc) is 3.14. The summed E-state index contributed by atoms with van der Waals surface area (Å²) in [5.74, 6) is 0. The molecule has 21 heavy (non-hydrogen) atoms. The molecule has 0 saturated heterocycles. The molecular formula is C16H19N5. The predicted octanol–water partition coefficient (Wildman–Crippen LogP) is 2.78. The molecule has 1 aromatic carbocycles. The van der Waals surface area contributed by atoms with Crippen molar-refractivity contribution in [1.29, 1.82) is 0 Å². The molecule has 1 N–H and O–H groups in total. The number of aryl methyl sites for hydroxylation is 2. The minimum absolute atomic E-state index is 0.759. The molecule has 0 fully saturated rings. The highest BCUT2D eigenvalue weighted by Crippen LogP contribution is 2.20. The van der Waals surface area contributed by atoms with Crippen LogP contribution >= 0.6 is 0 Å². The predicted molar refractivity (Wildman–Crippen MR) is 83.5 cm³/mol. The number of aromatic nitrogens is 4. The molecule has 3 rings (SSSR count). The molecule has 108 valence electrons. The van der Waals surface area contributed by atoms with Crippen LogP contribution in [0.4, 0.5) is 5.69 Å². The smallest absolute Gasteiger partial charge is 0.0876 e. The Hall–Kier alpha value is -2.56. The van der Waals surface area contributed by atoms with Crippen molar-refractivity contribution in [3.05, 3.63) is 60.2 Å². The van der Waals surface area contributed by atoms with Crippen molar-refractivity contribution in [2.75, 3.05) is 5.32 Å². The summed E-state index contributed by atoms with van der Waals surface area (Å²) in [5.41, 5.74) is 4.48. The molecule has 0 atom stereocenters. The Balaban J connectivity index is 1.82. The van der Waals surface area contributed by atoms with Gasteiger partial charge in [-0.3, -0.25) is 4.68 Å². The molecule has 0 bridgehead atoms. The number of hydrogen-bond acceptors (Lipinski definition) is 3. The standard InChI is InChI=1S/C16H19N5/c1-3-14-13(12-20(2)19-14)11-17-15-7-4-5-8-16(15)21-10-6-9-18-21/h4-10,12,17H,3,11H2,1-2H3. The fourth-order valence-corrected chi connectivity index (χ4v) is 2.45. The molecule has 0 aliphatic rings. The lowest BCUT2D eigenvalue weighted by molar-refractivity contribution is 0.746. The number of nitrogens with one attached hydrogen (secondary N) is 1. The van der Waals surface area contributed by atoms with E-state index >= 15 is 0 Å². The summed E-state index contributed by atoms with van der Waals surface area (Å²) >= 11 is 0. The van der Waals surface area contributed by atoms with Gasteiger partial charge in [-0.25, -0.2) is 4.68 Å². The van der Waals surface area contributed by atoms with Crippen LogP contribution in [-0.4, -0.2) is 19.6 Å². The van der Waals surface area contributed by atoms with Crippen molar-refractivity contribution in [3.8, 4) is 5.69 Å². The third kappa shape index (κ3) is 2.81. The second kappa shape index (κ2) is 5.83. The summed E-state index contributed by atoms with van der Waals surface area (Å²) < 4.78 is 3.74. The van der Waals surface area contributed by atoms with Gasteiger partial charge in [0.05, 0.1) is 17.1 Å². The van der Waals surface area contributed by atoms with E-state index in [-0.39, 0.29) is 0 Å². The highest BCUT2D eigenvalue weighted by molar-refractivity contribution is 5.60. The number of nitrogens with zero attached hydrogens (tertiary/aromatic N) is 4. The number of hydrogen-bond donors (Lipinski definition) is 1. The summed E-state index contributed by atoms with van der Waals surface area (Å²) in [6.07, 6.45) is 6.75. The van der Waals surface area contributed by atoms with Gasteiger partial charge in [-0.1, -0.05) is 19.1 Å². The van der Waals surface area contributed by atoms with Crippen LogP contribution in [0.25, 0.3) is 5.69 Å². The summed E-state index contributed by atoms with van der Waals surface area (Å²) in [6.45, 7) is 2.89. The van der Waals surface area contributed by atoms with Crippen LogP contribution in [0.3, 0.4) is 0 Å². The van der Waals surface area contributed by atoms with Gasteiger partial charge in [0.2, 0.25) is 0 Å². The molecule has 2 heterocycles. The third-order valence-corrected chi connectivity index (χ3v) is 3.45. The lowest BCUT2D eigenvalue weighted by Gasteiger charge is -2.11. The highest BCUT2D eigenvalue weighted by atomic mass is 15.3. The van der Waals surface area contributed by atoms with Gasteiger partial charge < -0.3 is 5.32 Å². The van der Waals surface area contributed by atoms with Gasteiger partial charge in [0, 0.05) is 37.7 Å². The first-order chi connectivity index (χ1) is 10.3. The second-order valence-corrected chi connectivity index (χ2v) is 4.95. The quantitative estimate of drug-likeness (QED) is 0.782. The van der Waals surface area contributed by atoms with Crippen LogP contribution in [0, 0.1) is 0 Å². The van der Waals surface area contributed by atoms with Crippen LogP contribution in [0.1, 0.15) is 18.2 Å². The first kappa shape index (κ1) is 13.4. The van der Waals surface area contributed by atoms with Crippen LogP contribution in [-0.2, 0) is 20.0 Å². The van der Waals surface area contributed by atoms with E-state index in [1.165, 1.54) is 5.56 Å². The molecule has 5 heteroatoms. The number of anilines is 1. The Labute approximate surface area is 124 Å². The first-order valence-corrected chi connectivity index (χ1v) is 7.12. The molecule has 5 nitrogen and oxygen atoms in total. The minimum atomic E-state index is 0.759. The molecule has 0 unspecified atom stereocenters. The van der Waals surface area contributed by atoms with E-state index in [9.17, 15) is 0 Å². The molecule has 0 aliphatic carbocycles. The maximum atomic E-state index is 4.47. The van der Waals surface area contributed by atoms with E-state index in [1.807, 2.05) is 40.8 Å². The van der Waals surface area contributed by atoms with Crippen LogP contribution in [0.15, 0.2) is 48.9 Å². The van der Waals surface area contributed by atoms with Gasteiger partial charge in [-0.15, -0.1) is 0 Å². The Morgan fingerprint density at radius 3 is 2.81 bits per heavy atom. The van der Waals surface area contributed by atoms with Crippen molar-refractivity contribution in [2.24, 2.45) is 7.05 Å². The lowest BCUT2D eigenvalue weighted by Crippen LogP contribution is -2.05. The zero-order valence-corrected chi connectivity index (χ0v) is 12.3. The van der Waals surface area contributed by atoms with E-state index in [0.29, 0.717) is 0 Å². The van der Waals surface area contributed by atoms with Gasteiger partial charge in [-0.2, -0.15) is 10.2 Å². The zero-order valence-electron chi connectivity index (χ0n) is 12.3. The number of para-hydroxylation sites is 2. The molecule has 0 radical (unpaired) electrons. The molecule has 3 aromatic rings. The zero-order chi connectivity index (χ0) is 14.7. The summed E-state index contributed by atoms with van der Waals surface area (Å²) in [4.78, 5) is 0. The Morgan fingerprint density at radius 1 is 1.19 bits per heavy atom. The normalized spacial score (nSPS) is 10.8. The topological polar surface area (TPSA) is 47.7 Å². The first-order valence-electron chi connectivity index (χ1n) is 7.12. The molecule has 0 spiro atoms. The third-order valence-electron chi connectivity index (χ3n) is 3.45. The van der Waals surface area contributed by atoms with Gasteiger partial charge in [-0.05, 0) is 24.6 Å². The number of rotatable bonds is 5. The Kier molecular flexibility index (Phi) is 3.73. The molecule has 2 aromatic heterocycles. The maximum Gasteiger partial charge on any atom is 0.0876 e. The van der Waals surface area contributed by atoms with Gasteiger partial charge >= 0.3 is 0 Å². The molecule has 0 saturated carbocycles. The van der Waals surface area contributed by atoms with Crippen LogP contribution in [0.5, 0.6) is 0 Å². The Morgan fingerprint density at radius 2 is 2.05 bits per heavy atom. The Bertz CT molecular complexity index is 712. The highest BCUT2D eigenvalue weighted by Gasteiger charge is 2.08. The van der Waals surface area contributed by atoms with E-state index in [0.717, 1.165) is 30.0 Å². The largest absolute Gasteiger partial charge is 0.379 e. The molecule has 0 aliphatic heterocycles. The van der Waals surface area contributed by atoms with E-state index < -0.39 is 0 Å². The lowest BCUT2D eigenvalue weighted by atomic mass is 10.2. The van der Waals surface area contributed by atoms with E-state index in [2.05, 4.69) is 40.8 Å². The van der Waals surface area contributed by atoms with Crippen molar-refractivity contribution in [3.63, 3.8) is 0 Å². The minimum Gasteiger partial charge on any atom is -0.379 e. The van der Waals surface area contributed by atoms with E-state index in [4.69, 9.17) is 0 Å². The van der Waals surface area contributed by atoms with Crippen LogP contribution < -0.4 is 5.32 Å². The fraction of sp³-hybridized carbons (Fsp3) is 0.250. The summed E-state index contributed by atoms with van der Waals surface area (Å²) in [5, 5.41) is 12.3. The van der Waals surface area contributed by atoms with Crippen molar-refractivity contribution in [2.45, 2.75) is 19.9 Å². The summed E-state index contributed by atoms with van der Waals surface area (Å²) in [6, 6.07) is 10.1. The monoisotopic (exact) mass is 281 g/mol. The maximum absolute atomic E-state index is 4.47. The SMILES string of the molecule is CCc1nn(C)cc1CNc1ccccc1-n1cccn1. The van der Waals surface area contributed by atoms with Gasteiger partial charge in [0.25, 0.3) is 0 Å². The fourth-order valence-electron chi connectivity index (χ4n) is 2.45. The van der Waals surface area contributed by atoms with Gasteiger partial charge in [0.1, 0.15) is 0 Å². The average molecular weight is 281 g/mol. The van der Waals surface area contributed by atoms with E-state index in [1.54, 1.807) is 6.20 Å². The number of benzene rings is 1. The second-order valence-electron chi connectivity index (χ2n) is 4.95. The van der Waals surface area contributed by atoms with Crippen molar-refractivity contribution in [1.82, 2.24) is 19.6 Å². The summed E-state index contributed by atoms with van der Waals surface area (Å²) in [7, 11) is 1.96. The van der Waals surface area contributed by atoms with Crippen molar-refractivity contribution < 1.29 is 0 Å². The molecule has 0 amide bonds. The van der Waals surface area contributed by atoms with Crippen molar-refractivity contribution >= 4 is 5.69 Å². The molecular weight excluding hydrogens is 262 g/mol.